The van der Waals surface area contributed by atoms with E-state index in [9.17, 15) is 4.79 Å². The molecule has 0 aliphatic heterocycles. The second kappa shape index (κ2) is 10.5. The van der Waals surface area contributed by atoms with E-state index in [1.54, 1.807) is 12.1 Å². The second-order valence-corrected chi connectivity index (χ2v) is 8.46. The summed E-state index contributed by atoms with van der Waals surface area (Å²) in [4.78, 5) is 12.5. The molecule has 8 heteroatoms. The number of carbonyl (C=O) groups is 1. The van der Waals surface area contributed by atoms with Crippen LogP contribution in [0.5, 0.6) is 5.75 Å². The number of aromatic nitrogens is 3. The Hall–Kier alpha value is -2.77. The molecule has 3 rings (SSSR count). The number of benzene rings is 2. The molecule has 3 aromatic rings. The Bertz CT molecular complexity index is 1100. The van der Waals surface area contributed by atoms with Crippen molar-refractivity contribution < 1.29 is 9.53 Å². The lowest BCUT2D eigenvalue weighted by Gasteiger charge is -2.11. The molecule has 0 saturated carbocycles. The first kappa shape index (κ1) is 22.9. The summed E-state index contributed by atoms with van der Waals surface area (Å²) in [6.45, 7) is 10.5. The topological polar surface area (TPSA) is 69.0 Å². The maximum Gasteiger partial charge on any atom is 0.234 e. The first-order valence-electron chi connectivity index (χ1n) is 9.80. The van der Waals surface area contributed by atoms with E-state index >= 15 is 0 Å². The van der Waals surface area contributed by atoms with Crippen molar-refractivity contribution in [1.29, 1.82) is 0 Å². The van der Waals surface area contributed by atoms with Gasteiger partial charge in [0.15, 0.2) is 11.0 Å². The minimum atomic E-state index is -0.0959. The summed E-state index contributed by atoms with van der Waals surface area (Å²) >= 11 is 7.33. The fraction of sp³-hybridized carbons (Fsp3) is 0.261. The largest absolute Gasteiger partial charge is 0.485 e. The third-order valence-corrected chi connectivity index (χ3v) is 6.01. The van der Waals surface area contributed by atoms with Crippen molar-refractivity contribution in [3.63, 3.8) is 0 Å². The molecule has 0 bridgehead atoms. The quantitative estimate of drug-likeness (QED) is 0.347. The highest BCUT2D eigenvalue weighted by molar-refractivity contribution is 7.99. The Kier molecular flexibility index (Phi) is 7.76. The Balaban J connectivity index is 1.64. The smallest absolute Gasteiger partial charge is 0.234 e. The van der Waals surface area contributed by atoms with Crippen LogP contribution in [0, 0.1) is 20.8 Å². The molecule has 0 saturated heterocycles. The van der Waals surface area contributed by atoms with Gasteiger partial charge in [-0.1, -0.05) is 41.6 Å². The summed E-state index contributed by atoms with van der Waals surface area (Å²) in [5.74, 6) is 1.52. The van der Waals surface area contributed by atoms with E-state index in [2.05, 4.69) is 22.1 Å². The lowest BCUT2D eigenvalue weighted by Crippen LogP contribution is -2.16. The predicted molar refractivity (Wildman–Crippen MR) is 126 cm³/mol. The van der Waals surface area contributed by atoms with Crippen molar-refractivity contribution in [3.8, 4) is 5.75 Å². The lowest BCUT2D eigenvalue weighted by molar-refractivity contribution is -0.113. The molecule has 1 amide bonds. The summed E-state index contributed by atoms with van der Waals surface area (Å²) in [6.07, 6.45) is 1.76. The fourth-order valence-electron chi connectivity index (χ4n) is 2.96. The molecule has 1 aromatic heterocycles. The Morgan fingerprint density at radius 3 is 2.77 bits per heavy atom. The summed E-state index contributed by atoms with van der Waals surface area (Å²) in [7, 11) is 0. The van der Waals surface area contributed by atoms with Crippen LogP contribution in [-0.2, 0) is 17.9 Å². The van der Waals surface area contributed by atoms with Gasteiger partial charge in [0.05, 0.1) is 5.75 Å². The number of carbonyl (C=O) groups excluding carboxylic acids is 1. The zero-order valence-corrected chi connectivity index (χ0v) is 19.4. The van der Waals surface area contributed by atoms with Crippen LogP contribution >= 0.6 is 23.4 Å². The molecule has 0 unspecified atom stereocenters. The molecule has 0 atom stereocenters. The zero-order valence-electron chi connectivity index (χ0n) is 17.8. The number of halogens is 1. The monoisotopic (exact) mass is 456 g/mol. The van der Waals surface area contributed by atoms with Crippen LogP contribution in [0.1, 0.15) is 22.5 Å². The number of thioether (sulfide) groups is 1. The molecule has 0 fully saturated rings. The number of aryl methyl sites for hydroxylation is 2. The van der Waals surface area contributed by atoms with Crippen molar-refractivity contribution in [2.75, 3.05) is 11.1 Å². The van der Waals surface area contributed by atoms with Crippen molar-refractivity contribution in [2.24, 2.45) is 0 Å². The molecule has 0 radical (unpaired) electrons. The molecule has 1 heterocycles. The van der Waals surface area contributed by atoms with Crippen molar-refractivity contribution in [3.05, 3.63) is 76.6 Å². The highest BCUT2D eigenvalue weighted by Gasteiger charge is 2.15. The maximum atomic E-state index is 12.5. The first-order valence-corrected chi connectivity index (χ1v) is 11.2. The number of nitrogens with zero attached hydrogens (tertiary/aromatic N) is 3. The first-order chi connectivity index (χ1) is 14.9. The molecule has 0 aliphatic carbocycles. The van der Waals surface area contributed by atoms with Crippen LogP contribution in [0.2, 0.25) is 5.02 Å². The van der Waals surface area contributed by atoms with Crippen molar-refractivity contribution in [1.82, 2.24) is 14.8 Å². The van der Waals surface area contributed by atoms with Crippen LogP contribution in [0.4, 0.5) is 5.69 Å². The van der Waals surface area contributed by atoms with Gasteiger partial charge in [-0.05, 0) is 61.7 Å². The van der Waals surface area contributed by atoms with Crippen LogP contribution in [0.25, 0.3) is 0 Å². The van der Waals surface area contributed by atoms with E-state index in [0.717, 1.165) is 28.1 Å². The molecule has 0 spiro atoms. The average molecular weight is 457 g/mol. The molecular formula is C23H25ClN4O2S. The number of anilines is 1. The van der Waals surface area contributed by atoms with Gasteiger partial charge in [-0.2, -0.15) is 0 Å². The Morgan fingerprint density at radius 1 is 1.23 bits per heavy atom. The molecule has 31 heavy (non-hydrogen) atoms. The fourth-order valence-corrected chi connectivity index (χ4v) is 3.96. The Labute approximate surface area is 191 Å². The van der Waals surface area contributed by atoms with Gasteiger partial charge in [-0.15, -0.1) is 16.8 Å². The summed E-state index contributed by atoms with van der Waals surface area (Å²) in [5, 5.41) is 12.8. The van der Waals surface area contributed by atoms with Crippen molar-refractivity contribution >= 4 is 35.0 Å². The van der Waals surface area contributed by atoms with E-state index in [1.165, 1.54) is 11.8 Å². The Morgan fingerprint density at radius 2 is 2.03 bits per heavy atom. The zero-order chi connectivity index (χ0) is 22.4. The number of allylic oxidation sites excluding steroid dienone is 1. The normalized spacial score (nSPS) is 10.7. The number of rotatable bonds is 9. The number of ether oxygens (including phenoxy) is 1. The standard InChI is InChI=1S/C23H25ClN4O2S/c1-5-11-28-21(13-30-20-10-9-18(24)12-16(20)3)26-27-23(28)31-14-22(29)25-19-8-6-7-15(2)17(19)4/h5-10,12H,1,11,13-14H2,2-4H3,(H,25,29). The van der Waals surface area contributed by atoms with Gasteiger partial charge in [0, 0.05) is 17.3 Å². The average Bonchev–Trinajstić information content (AvgIpc) is 3.11. The molecule has 1 N–H and O–H groups in total. The van der Waals surface area contributed by atoms with Gasteiger partial charge in [0.25, 0.3) is 0 Å². The van der Waals surface area contributed by atoms with Gasteiger partial charge in [-0.25, -0.2) is 0 Å². The van der Waals surface area contributed by atoms with E-state index in [-0.39, 0.29) is 18.3 Å². The molecule has 0 aliphatic rings. The minimum absolute atomic E-state index is 0.0959. The van der Waals surface area contributed by atoms with Crippen molar-refractivity contribution in [2.45, 2.75) is 39.1 Å². The van der Waals surface area contributed by atoms with Gasteiger partial charge in [0.2, 0.25) is 5.91 Å². The molecule has 2 aromatic carbocycles. The van der Waals surface area contributed by atoms with Gasteiger partial charge >= 0.3 is 0 Å². The van der Waals surface area contributed by atoms with Crippen LogP contribution in [-0.4, -0.2) is 26.4 Å². The number of hydrogen-bond acceptors (Lipinski definition) is 5. The van der Waals surface area contributed by atoms with Gasteiger partial charge in [0.1, 0.15) is 12.4 Å². The van der Waals surface area contributed by atoms with Gasteiger partial charge in [-0.3, -0.25) is 9.36 Å². The summed E-state index contributed by atoms with van der Waals surface area (Å²) in [5.41, 5.74) is 3.97. The van der Waals surface area contributed by atoms with E-state index in [0.29, 0.717) is 22.5 Å². The second-order valence-electron chi connectivity index (χ2n) is 7.08. The molecule has 162 valence electrons. The minimum Gasteiger partial charge on any atom is -0.485 e. The van der Waals surface area contributed by atoms with E-state index in [1.807, 2.05) is 55.7 Å². The van der Waals surface area contributed by atoms with Crippen LogP contribution < -0.4 is 10.1 Å². The number of hydrogen-bond donors (Lipinski definition) is 1. The highest BCUT2D eigenvalue weighted by atomic mass is 35.5. The molecule has 6 nitrogen and oxygen atoms in total. The predicted octanol–water partition coefficient (Wildman–Crippen LogP) is 5.35. The highest BCUT2D eigenvalue weighted by Crippen LogP contribution is 2.24. The van der Waals surface area contributed by atoms with Crippen LogP contribution in [0.15, 0.2) is 54.2 Å². The SMILES string of the molecule is C=CCn1c(COc2ccc(Cl)cc2C)nnc1SCC(=O)Nc1cccc(C)c1C. The third kappa shape index (κ3) is 5.89. The van der Waals surface area contributed by atoms with E-state index in [4.69, 9.17) is 16.3 Å². The van der Waals surface area contributed by atoms with Gasteiger partial charge < -0.3 is 10.1 Å². The number of nitrogens with one attached hydrogen (secondary N) is 1. The molecular weight excluding hydrogens is 432 g/mol. The third-order valence-electron chi connectivity index (χ3n) is 4.81. The maximum absolute atomic E-state index is 12.5. The van der Waals surface area contributed by atoms with E-state index < -0.39 is 0 Å². The number of amides is 1. The summed E-state index contributed by atoms with van der Waals surface area (Å²) in [6, 6.07) is 11.3. The van der Waals surface area contributed by atoms with Crippen LogP contribution in [0.3, 0.4) is 0 Å². The summed E-state index contributed by atoms with van der Waals surface area (Å²) < 4.78 is 7.80. The lowest BCUT2D eigenvalue weighted by atomic mass is 10.1.